The average molecular weight is 246 g/mol. The third kappa shape index (κ3) is 3.06. The zero-order valence-corrected chi connectivity index (χ0v) is 11.9. The summed E-state index contributed by atoms with van der Waals surface area (Å²) in [6.45, 7) is 10.7. The molecule has 0 bridgehead atoms. The van der Waals surface area contributed by atoms with Crippen LogP contribution in [0.1, 0.15) is 56.2 Å². The van der Waals surface area contributed by atoms with Crippen LogP contribution in [-0.4, -0.2) is 0 Å². The summed E-state index contributed by atoms with van der Waals surface area (Å²) in [6.07, 6.45) is 1.01. The first-order valence-electron chi connectivity index (χ1n) is 6.48. The van der Waals surface area contributed by atoms with Crippen LogP contribution in [0.15, 0.2) is 33.1 Å². The van der Waals surface area contributed by atoms with Crippen molar-refractivity contribution in [3.8, 4) is 0 Å². The van der Waals surface area contributed by atoms with Gasteiger partial charge in [0, 0.05) is 0 Å². The van der Waals surface area contributed by atoms with E-state index in [1.54, 1.807) is 0 Å². The Morgan fingerprint density at radius 3 is 1.61 bits per heavy atom. The van der Waals surface area contributed by atoms with Crippen molar-refractivity contribution in [2.45, 2.75) is 47.0 Å². The highest BCUT2D eigenvalue weighted by atomic mass is 16.4. The van der Waals surface area contributed by atoms with Gasteiger partial charge in [0.05, 0.1) is 5.92 Å². The van der Waals surface area contributed by atoms with Crippen molar-refractivity contribution < 1.29 is 8.83 Å². The van der Waals surface area contributed by atoms with E-state index >= 15 is 0 Å². The van der Waals surface area contributed by atoms with E-state index in [0.717, 1.165) is 29.5 Å². The molecule has 18 heavy (non-hydrogen) atoms. The normalized spacial score (nSPS) is 12.3. The van der Waals surface area contributed by atoms with Crippen molar-refractivity contribution in [2.75, 3.05) is 0 Å². The van der Waals surface area contributed by atoms with E-state index in [-0.39, 0.29) is 11.3 Å². The summed E-state index contributed by atoms with van der Waals surface area (Å²) >= 11 is 0. The minimum Gasteiger partial charge on any atom is -0.466 e. The van der Waals surface area contributed by atoms with Crippen LogP contribution in [0.25, 0.3) is 0 Å². The minimum absolute atomic E-state index is 0.201. The van der Waals surface area contributed by atoms with Gasteiger partial charge >= 0.3 is 0 Å². The molecule has 0 amide bonds. The van der Waals surface area contributed by atoms with Gasteiger partial charge in [-0.15, -0.1) is 0 Å². The smallest absolute Gasteiger partial charge is 0.114 e. The second-order valence-corrected chi connectivity index (χ2v) is 6.21. The standard InChI is InChI=1S/C16H22O2/c1-11-6-8-14(17-11)13(10-16(3,4)5)15-9-7-12(2)18-15/h6-9,13H,10H2,1-5H3. The van der Waals surface area contributed by atoms with Gasteiger partial charge in [0.25, 0.3) is 0 Å². The molecule has 0 radical (unpaired) electrons. The van der Waals surface area contributed by atoms with E-state index in [9.17, 15) is 0 Å². The van der Waals surface area contributed by atoms with Gasteiger partial charge < -0.3 is 8.83 Å². The number of hydrogen-bond donors (Lipinski definition) is 0. The van der Waals surface area contributed by atoms with E-state index in [1.165, 1.54) is 0 Å². The SMILES string of the molecule is Cc1ccc(C(CC(C)(C)C)c2ccc(C)o2)o1. The van der Waals surface area contributed by atoms with Crippen LogP contribution in [0.4, 0.5) is 0 Å². The molecule has 0 aliphatic carbocycles. The summed E-state index contributed by atoms with van der Waals surface area (Å²) < 4.78 is 11.6. The maximum absolute atomic E-state index is 5.80. The minimum atomic E-state index is 0.201. The number of rotatable bonds is 3. The Bertz CT molecular complexity index is 471. The van der Waals surface area contributed by atoms with Crippen LogP contribution in [0.5, 0.6) is 0 Å². The first kappa shape index (κ1) is 13.0. The molecule has 0 atom stereocenters. The predicted octanol–water partition coefficient (Wildman–Crippen LogP) is 5.06. The molecule has 0 unspecified atom stereocenters. The molecule has 0 aliphatic rings. The molecule has 2 heterocycles. The summed E-state index contributed by atoms with van der Waals surface area (Å²) in [7, 11) is 0. The van der Waals surface area contributed by atoms with Crippen LogP contribution in [0.2, 0.25) is 0 Å². The summed E-state index contributed by atoms with van der Waals surface area (Å²) in [5, 5.41) is 0. The summed E-state index contributed by atoms with van der Waals surface area (Å²) in [6, 6.07) is 8.15. The van der Waals surface area contributed by atoms with Gasteiger partial charge in [-0.05, 0) is 49.9 Å². The van der Waals surface area contributed by atoms with E-state index < -0.39 is 0 Å². The fraction of sp³-hybridized carbons (Fsp3) is 0.500. The van der Waals surface area contributed by atoms with Crippen molar-refractivity contribution >= 4 is 0 Å². The molecule has 0 fully saturated rings. The Hall–Kier alpha value is -1.44. The second kappa shape index (κ2) is 4.68. The Morgan fingerprint density at radius 1 is 0.889 bits per heavy atom. The van der Waals surface area contributed by atoms with Crippen LogP contribution in [0.3, 0.4) is 0 Å². The Labute approximate surface area is 109 Å². The van der Waals surface area contributed by atoms with Gasteiger partial charge in [-0.1, -0.05) is 20.8 Å². The number of hydrogen-bond acceptors (Lipinski definition) is 2. The van der Waals surface area contributed by atoms with Gasteiger partial charge in [-0.3, -0.25) is 0 Å². The highest BCUT2D eigenvalue weighted by Crippen LogP contribution is 2.37. The molecule has 2 heteroatoms. The number of aryl methyl sites for hydroxylation is 2. The maximum atomic E-state index is 5.80. The average Bonchev–Trinajstić information content (AvgIpc) is 2.82. The quantitative estimate of drug-likeness (QED) is 0.756. The van der Waals surface area contributed by atoms with Crippen LogP contribution < -0.4 is 0 Å². The van der Waals surface area contributed by atoms with Gasteiger partial charge in [-0.25, -0.2) is 0 Å². The van der Waals surface area contributed by atoms with E-state index in [2.05, 4.69) is 32.9 Å². The molecule has 2 rings (SSSR count). The Morgan fingerprint density at radius 2 is 1.33 bits per heavy atom. The molecular formula is C16H22O2. The van der Waals surface area contributed by atoms with Gasteiger partial charge in [-0.2, -0.15) is 0 Å². The van der Waals surface area contributed by atoms with E-state index in [4.69, 9.17) is 8.83 Å². The predicted molar refractivity (Wildman–Crippen MR) is 72.8 cm³/mol. The van der Waals surface area contributed by atoms with Crippen molar-refractivity contribution in [3.05, 3.63) is 47.3 Å². The first-order valence-corrected chi connectivity index (χ1v) is 6.48. The molecule has 0 aromatic carbocycles. The topological polar surface area (TPSA) is 26.3 Å². The lowest BCUT2D eigenvalue weighted by molar-refractivity contribution is 0.305. The molecule has 0 saturated carbocycles. The van der Waals surface area contributed by atoms with Crippen LogP contribution in [-0.2, 0) is 0 Å². The third-order valence-corrected chi connectivity index (χ3v) is 3.03. The zero-order valence-electron chi connectivity index (χ0n) is 11.9. The van der Waals surface area contributed by atoms with E-state index in [0.29, 0.717) is 0 Å². The zero-order chi connectivity index (χ0) is 13.3. The monoisotopic (exact) mass is 246 g/mol. The fourth-order valence-corrected chi connectivity index (χ4v) is 2.24. The van der Waals surface area contributed by atoms with Gasteiger partial charge in [0.2, 0.25) is 0 Å². The van der Waals surface area contributed by atoms with Gasteiger partial charge in [0.1, 0.15) is 23.0 Å². The number of furan rings is 2. The first-order chi connectivity index (χ1) is 8.35. The highest BCUT2D eigenvalue weighted by molar-refractivity contribution is 5.22. The molecule has 0 aliphatic heterocycles. The molecular weight excluding hydrogens is 224 g/mol. The largest absolute Gasteiger partial charge is 0.466 e. The van der Waals surface area contributed by atoms with Crippen molar-refractivity contribution in [1.82, 2.24) is 0 Å². The molecule has 0 spiro atoms. The molecule has 0 saturated heterocycles. The molecule has 2 nitrogen and oxygen atoms in total. The lowest BCUT2D eigenvalue weighted by Crippen LogP contribution is -2.12. The van der Waals surface area contributed by atoms with Crippen LogP contribution >= 0.6 is 0 Å². The van der Waals surface area contributed by atoms with Gasteiger partial charge in [0.15, 0.2) is 0 Å². The third-order valence-electron chi connectivity index (χ3n) is 3.03. The van der Waals surface area contributed by atoms with Crippen molar-refractivity contribution in [1.29, 1.82) is 0 Å². The molecule has 2 aromatic rings. The molecule has 98 valence electrons. The summed E-state index contributed by atoms with van der Waals surface area (Å²) in [5.41, 5.74) is 0.228. The molecule has 0 N–H and O–H groups in total. The van der Waals surface area contributed by atoms with Crippen molar-refractivity contribution in [2.24, 2.45) is 5.41 Å². The van der Waals surface area contributed by atoms with Crippen LogP contribution in [0, 0.1) is 19.3 Å². The lowest BCUT2D eigenvalue weighted by Gasteiger charge is -2.23. The Kier molecular flexibility index (Phi) is 3.38. The fourth-order valence-electron chi connectivity index (χ4n) is 2.24. The second-order valence-electron chi connectivity index (χ2n) is 6.21. The van der Waals surface area contributed by atoms with Crippen molar-refractivity contribution in [3.63, 3.8) is 0 Å². The lowest BCUT2D eigenvalue weighted by atomic mass is 9.82. The summed E-state index contributed by atoms with van der Waals surface area (Å²) in [5.74, 6) is 4.10. The highest BCUT2D eigenvalue weighted by Gasteiger charge is 2.26. The van der Waals surface area contributed by atoms with E-state index in [1.807, 2.05) is 26.0 Å². The Balaban J connectivity index is 2.34. The maximum Gasteiger partial charge on any atom is 0.114 e. The summed E-state index contributed by atoms with van der Waals surface area (Å²) in [4.78, 5) is 0. The molecule has 2 aromatic heterocycles.